The molecule has 0 atom stereocenters. The van der Waals surface area contributed by atoms with Gasteiger partial charge in [-0.25, -0.2) is 0 Å². The zero-order valence-electron chi connectivity index (χ0n) is 14.7. The van der Waals surface area contributed by atoms with Crippen LogP contribution >= 0.6 is 12.2 Å². The van der Waals surface area contributed by atoms with Gasteiger partial charge < -0.3 is 14.5 Å². The van der Waals surface area contributed by atoms with E-state index in [4.69, 9.17) is 17.0 Å². The van der Waals surface area contributed by atoms with Crippen molar-refractivity contribution in [2.75, 3.05) is 30.0 Å². The number of benzene rings is 2. The number of hydrogen-bond donors (Lipinski definition) is 0. The largest absolute Gasteiger partial charge is 0.495 e. The number of ether oxygens (including phenoxy) is 1. The Bertz CT molecular complexity index is 757. The smallest absolute Gasteiger partial charge is 0.180 e. The van der Waals surface area contributed by atoms with Gasteiger partial charge in [0.05, 0.1) is 12.8 Å². The fourth-order valence-corrected chi connectivity index (χ4v) is 3.71. The van der Waals surface area contributed by atoms with Gasteiger partial charge in [-0.05, 0) is 48.3 Å². The standard InChI is InChI=1S/C20H24N2OS/c1-14(2)16-9-7-8-15(3)19(16)22-13-12-21(20(22)24)17-10-5-6-11-18(17)23-4/h5-11,14H,12-13H2,1-4H3. The molecule has 0 saturated carbocycles. The maximum atomic E-state index is 5.84. The molecule has 0 spiro atoms. The predicted octanol–water partition coefficient (Wildman–Crippen LogP) is 4.74. The van der Waals surface area contributed by atoms with Gasteiger partial charge >= 0.3 is 0 Å². The van der Waals surface area contributed by atoms with Gasteiger partial charge in [-0.1, -0.05) is 44.2 Å². The third kappa shape index (κ3) is 2.86. The lowest BCUT2D eigenvalue weighted by atomic mass is 9.97. The Balaban J connectivity index is 1.99. The van der Waals surface area contributed by atoms with Gasteiger partial charge in [0.15, 0.2) is 5.11 Å². The minimum atomic E-state index is 0.461. The molecule has 1 fully saturated rings. The highest BCUT2D eigenvalue weighted by atomic mass is 32.1. The van der Waals surface area contributed by atoms with E-state index in [-0.39, 0.29) is 0 Å². The van der Waals surface area contributed by atoms with Crippen molar-refractivity contribution in [3.8, 4) is 5.75 Å². The molecule has 4 heteroatoms. The molecule has 3 nitrogen and oxygen atoms in total. The van der Waals surface area contributed by atoms with E-state index in [1.54, 1.807) is 7.11 Å². The first-order valence-electron chi connectivity index (χ1n) is 8.36. The lowest BCUT2D eigenvalue weighted by Gasteiger charge is -2.27. The van der Waals surface area contributed by atoms with E-state index in [0.29, 0.717) is 5.92 Å². The third-order valence-electron chi connectivity index (χ3n) is 4.55. The second-order valence-electron chi connectivity index (χ2n) is 6.43. The van der Waals surface area contributed by atoms with Crippen LogP contribution in [0.15, 0.2) is 42.5 Å². The summed E-state index contributed by atoms with van der Waals surface area (Å²) in [4.78, 5) is 4.44. The molecule has 2 aromatic carbocycles. The van der Waals surface area contributed by atoms with Crippen LogP contribution < -0.4 is 14.5 Å². The monoisotopic (exact) mass is 340 g/mol. The molecule has 0 N–H and O–H groups in total. The van der Waals surface area contributed by atoms with Crippen LogP contribution in [0.25, 0.3) is 0 Å². The minimum absolute atomic E-state index is 0.461. The van der Waals surface area contributed by atoms with Gasteiger partial charge in [0.2, 0.25) is 0 Å². The molecule has 0 bridgehead atoms. The van der Waals surface area contributed by atoms with Crippen LogP contribution in [0.1, 0.15) is 30.9 Å². The molecule has 0 aliphatic carbocycles. The molecule has 0 unspecified atom stereocenters. The average molecular weight is 340 g/mol. The Hall–Kier alpha value is -2.07. The summed E-state index contributed by atoms with van der Waals surface area (Å²) >= 11 is 5.84. The zero-order chi connectivity index (χ0) is 17.3. The number of hydrogen-bond acceptors (Lipinski definition) is 2. The van der Waals surface area contributed by atoms with Gasteiger partial charge in [0.1, 0.15) is 5.75 Å². The number of anilines is 2. The summed E-state index contributed by atoms with van der Waals surface area (Å²) in [6.07, 6.45) is 0. The minimum Gasteiger partial charge on any atom is -0.495 e. The van der Waals surface area contributed by atoms with E-state index in [9.17, 15) is 0 Å². The van der Waals surface area contributed by atoms with Crippen LogP contribution in [-0.2, 0) is 0 Å². The zero-order valence-corrected chi connectivity index (χ0v) is 15.6. The molecule has 1 aliphatic heterocycles. The van der Waals surface area contributed by atoms with E-state index in [1.165, 1.54) is 16.8 Å². The summed E-state index contributed by atoms with van der Waals surface area (Å²) in [6.45, 7) is 8.38. The summed E-state index contributed by atoms with van der Waals surface area (Å²) in [5.41, 5.74) is 4.91. The summed E-state index contributed by atoms with van der Waals surface area (Å²) < 4.78 is 5.51. The average Bonchev–Trinajstić information content (AvgIpc) is 2.95. The first-order chi connectivity index (χ1) is 11.5. The van der Waals surface area contributed by atoms with Gasteiger partial charge in [-0.15, -0.1) is 0 Å². The molecular formula is C20H24N2OS. The molecule has 24 heavy (non-hydrogen) atoms. The van der Waals surface area contributed by atoms with Crippen LogP contribution in [0.4, 0.5) is 11.4 Å². The molecule has 126 valence electrons. The van der Waals surface area contributed by atoms with Crippen LogP contribution in [0.2, 0.25) is 0 Å². The van der Waals surface area contributed by atoms with Crippen LogP contribution in [0.5, 0.6) is 5.75 Å². The first kappa shape index (κ1) is 16.8. The van der Waals surface area contributed by atoms with Crippen molar-refractivity contribution in [2.24, 2.45) is 0 Å². The fourth-order valence-electron chi connectivity index (χ4n) is 3.34. The predicted molar refractivity (Wildman–Crippen MR) is 106 cm³/mol. The number of para-hydroxylation sites is 3. The fraction of sp³-hybridized carbons (Fsp3) is 0.350. The van der Waals surface area contributed by atoms with Crippen molar-refractivity contribution in [3.63, 3.8) is 0 Å². The molecule has 1 saturated heterocycles. The van der Waals surface area contributed by atoms with Crippen LogP contribution in [-0.4, -0.2) is 25.3 Å². The highest BCUT2D eigenvalue weighted by molar-refractivity contribution is 7.80. The topological polar surface area (TPSA) is 15.7 Å². The number of rotatable bonds is 4. The lowest BCUT2D eigenvalue weighted by Crippen LogP contribution is -2.32. The molecule has 0 aromatic heterocycles. The van der Waals surface area contributed by atoms with Gasteiger partial charge in [-0.3, -0.25) is 0 Å². The maximum Gasteiger partial charge on any atom is 0.180 e. The Labute approximate surface area is 149 Å². The van der Waals surface area contributed by atoms with Gasteiger partial charge in [0.25, 0.3) is 0 Å². The van der Waals surface area contributed by atoms with Crippen molar-refractivity contribution in [3.05, 3.63) is 53.6 Å². The summed E-state index contributed by atoms with van der Waals surface area (Å²) in [7, 11) is 1.70. The van der Waals surface area contributed by atoms with Crippen molar-refractivity contribution in [1.82, 2.24) is 0 Å². The van der Waals surface area contributed by atoms with Crippen molar-refractivity contribution in [1.29, 1.82) is 0 Å². The lowest BCUT2D eigenvalue weighted by molar-refractivity contribution is 0.415. The van der Waals surface area contributed by atoms with E-state index in [0.717, 1.165) is 29.6 Å². The Morgan fingerprint density at radius 2 is 1.71 bits per heavy atom. The summed E-state index contributed by atoms with van der Waals surface area (Å²) in [5, 5.41) is 0.843. The highest BCUT2D eigenvalue weighted by Gasteiger charge is 2.31. The molecule has 3 rings (SSSR count). The molecule has 0 radical (unpaired) electrons. The first-order valence-corrected chi connectivity index (χ1v) is 8.77. The van der Waals surface area contributed by atoms with Crippen molar-refractivity contribution in [2.45, 2.75) is 26.7 Å². The number of nitrogens with zero attached hydrogens (tertiary/aromatic N) is 2. The molecule has 0 amide bonds. The van der Waals surface area contributed by atoms with Crippen LogP contribution in [0.3, 0.4) is 0 Å². The summed E-state index contributed by atoms with van der Waals surface area (Å²) in [6, 6.07) is 14.6. The quantitative estimate of drug-likeness (QED) is 0.747. The second-order valence-corrected chi connectivity index (χ2v) is 6.79. The van der Waals surface area contributed by atoms with E-state index in [2.05, 4.69) is 54.8 Å². The van der Waals surface area contributed by atoms with Crippen LogP contribution in [0, 0.1) is 6.92 Å². The van der Waals surface area contributed by atoms with E-state index in [1.807, 2.05) is 18.2 Å². The Morgan fingerprint density at radius 3 is 2.42 bits per heavy atom. The molecule has 2 aromatic rings. The molecule has 1 heterocycles. The normalized spacial score (nSPS) is 14.6. The van der Waals surface area contributed by atoms with Crippen molar-refractivity contribution < 1.29 is 4.74 Å². The highest BCUT2D eigenvalue weighted by Crippen LogP contribution is 2.36. The number of methoxy groups -OCH3 is 1. The van der Waals surface area contributed by atoms with Crippen molar-refractivity contribution >= 4 is 28.7 Å². The maximum absolute atomic E-state index is 5.84. The van der Waals surface area contributed by atoms with Gasteiger partial charge in [0, 0.05) is 18.8 Å². The Morgan fingerprint density at radius 1 is 1.00 bits per heavy atom. The SMILES string of the molecule is COc1ccccc1N1CCN(c2c(C)cccc2C(C)C)C1=S. The second kappa shape index (κ2) is 6.81. The van der Waals surface area contributed by atoms with E-state index >= 15 is 0 Å². The molecule has 1 aliphatic rings. The number of aryl methyl sites for hydroxylation is 1. The van der Waals surface area contributed by atoms with Gasteiger partial charge in [-0.2, -0.15) is 0 Å². The third-order valence-corrected chi connectivity index (χ3v) is 4.99. The summed E-state index contributed by atoms with van der Waals surface area (Å²) in [5.74, 6) is 1.32. The molecular weight excluding hydrogens is 316 g/mol. The number of thiocarbonyl (C=S) groups is 1. The Kier molecular flexibility index (Phi) is 4.76. The van der Waals surface area contributed by atoms with E-state index < -0.39 is 0 Å².